The summed E-state index contributed by atoms with van der Waals surface area (Å²) in [4.78, 5) is 19.9. The molecule has 1 aromatic carbocycles. The summed E-state index contributed by atoms with van der Waals surface area (Å²) >= 11 is 7.69. The van der Waals surface area contributed by atoms with Gasteiger partial charge in [-0.3, -0.25) is 4.79 Å². The normalized spacial score (nSPS) is 22.3. The Morgan fingerprint density at radius 3 is 2.72 bits per heavy atom. The van der Waals surface area contributed by atoms with Crippen LogP contribution in [0.3, 0.4) is 0 Å². The van der Waals surface area contributed by atoms with Crippen LogP contribution in [-0.4, -0.2) is 30.0 Å². The van der Waals surface area contributed by atoms with Gasteiger partial charge in [0.15, 0.2) is 5.13 Å². The first-order chi connectivity index (χ1) is 12.2. The highest BCUT2D eigenvalue weighted by Crippen LogP contribution is 2.42. The summed E-state index contributed by atoms with van der Waals surface area (Å²) in [5.41, 5.74) is 0.709. The highest BCUT2D eigenvalue weighted by atomic mass is 35.5. The summed E-state index contributed by atoms with van der Waals surface area (Å²) in [6, 6.07) is 8.02. The number of carbonyl (C=O) groups is 1. The number of hydrogen-bond donors (Lipinski definition) is 1. The molecular weight excluding hydrogens is 354 g/mol. The number of anilines is 1. The Morgan fingerprint density at radius 2 is 2.04 bits per heavy atom. The molecule has 1 atom stereocenters. The van der Waals surface area contributed by atoms with Gasteiger partial charge in [-0.1, -0.05) is 36.6 Å². The minimum absolute atomic E-state index is 0.179. The summed E-state index contributed by atoms with van der Waals surface area (Å²) in [7, 11) is 0. The summed E-state index contributed by atoms with van der Waals surface area (Å²) < 4.78 is 0. The van der Waals surface area contributed by atoms with E-state index in [2.05, 4.69) is 15.2 Å². The van der Waals surface area contributed by atoms with Gasteiger partial charge in [-0.05, 0) is 37.0 Å². The third-order valence-corrected chi connectivity index (χ3v) is 6.59. The van der Waals surface area contributed by atoms with E-state index in [1.165, 1.54) is 0 Å². The van der Waals surface area contributed by atoms with Crippen molar-refractivity contribution in [1.29, 1.82) is 0 Å². The Bertz CT molecular complexity index is 726. The number of aromatic nitrogens is 1. The molecule has 1 amide bonds. The lowest BCUT2D eigenvalue weighted by Crippen LogP contribution is -2.47. The van der Waals surface area contributed by atoms with E-state index >= 15 is 0 Å². The lowest BCUT2D eigenvalue weighted by molar-refractivity contribution is -0.127. The van der Waals surface area contributed by atoms with Gasteiger partial charge in [0.1, 0.15) is 0 Å². The fourth-order valence-corrected chi connectivity index (χ4v) is 4.95. The van der Waals surface area contributed by atoms with Gasteiger partial charge in [0, 0.05) is 35.7 Å². The van der Waals surface area contributed by atoms with E-state index in [-0.39, 0.29) is 17.4 Å². The molecule has 132 valence electrons. The van der Waals surface area contributed by atoms with Crippen molar-refractivity contribution >= 4 is 34.0 Å². The topological polar surface area (TPSA) is 45.2 Å². The number of benzene rings is 1. The van der Waals surface area contributed by atoms with Gasteiger partial charge >= 0.3 is 0 Å². The van der Waals surface area contributed by atoms with Crippen molar-refractivity contribution in [2.45, 2.75) is 43.6 Å². The Morgan fingerprint density at radius 1 is 1.28 bits per heavy atom. The van der Waals surface area contributed by atoms with Crippen molar-refractivity contribution in [3.63, 3.8) is 0 Å². The van der Waals surface area contributed by atoms with E-state index < -0.39 is 0 Å². The second-order valence-corrected chi connectivity index (χ2v) is 8.33. The quantitative estimate of drug-likeness (QED) is 0.878. The molecule has 1 saturated heterocycles. The van der Waals surface area contributed by atoms with E-state index in [1.807, 2.05) is 35.8 Å². The lowest BCUT2D eigenvalue weighted by atomic mass is 9.78. The third kappa shape index (κ3) is 3.27. The number of nitrogens with one attached hydrogen (secondary N) is 1. The van der Waals surface area contributed by atoms with Gasteiger partial charge in [-0.15, -0.1) is 11.3 Å². The molecule has 2 aromatic rings. The summed E-state index contributed by atoms with van der Waals surface area (Å²) in [5.74, 6) is 0.179. The highest BCUT2D eigenvalue weighted by molar-refractivity contribution is 7.13. The maximum atomic E-state index is 13.2. The van der Waals surface area contributed by atoms with Crippen molar-refractivity contribution in [1.82, 2.24) is 10.3 Å². The number of halogens is 1. The van der Waals surface area contributed by atoms with Gasteiger partial charge in [-0.25, -0.2) is 4.98 Å². The third-order valence-electron chi connectivity index (χ3n) is 5.50. The predicted octanol–water partition coefficient (Wildman–Crippen LogP) is 4.00. The zero-order chi connectivity index (χ0) is 17.3. The van der Waals surface area contributed by atoms with Gasteiger partial charge in [0.25, 0.3) is 0 Å². The zero-order valence-electron chi connectivity index (χ0n) is 14.1. The number of carbonyl (C=O) groups excluding carboxylic acids is 1. The summed E-state index contributed by atoms with van der Waals surface area (Å²) in [6.45, 7) is 1.79. The number of hydrogen-bond acceptors (Lipinski definition) is 4. The second kappa shape index (κ2) is 6.96. The molecule has 0 bridgehead atoms. The molecule has 1 unspecified atom stereocenters. The first kappa shape index (κ1) is 16.9. The molecule has 1 aromatic heterocycles. The molecule has 1 aliphatic carbocycles. The van der Waals surface area contributed by atoms with Crippen LogP contribution in [0.2, 0.25) is 5.02 Å². The molecule has 4 nitrogen and oxygen atoms in total. The highest BCUT2D eigenvalue weighted by Gasteiger charge is 2.43. The van der Waals surface area contributed by atoms with Crippen molar-refractivity contribution in [2.24, 2.45) is 0 Å². The van der Waals surface area contributed by atoms with Crippen molar-refractivity contribution in [2.75, 3.05) is 18.0 Å². The van der Waals surface area contributed by atoms with Crippen LogP contribution in [0.1, 0.15) is 37.7 Å². The molecule has 1 N–H and O–H groups in total. The summed E-state index contributed by atoms with van der Waals surface area (Å²) in [6.07, 6.45) is 6.85. The van der Waals surface area contributed by atoms with Gasteiger partial charge in [-0.2, -0.15) is 0 Å². The average molecular weight is 376 g/mol. The number of nitrogens with zero attached hydrogens (tertiary/aromatic N) is 2. The molecule has 6 heteroatoms. The molecule has 25 heavy (non-hydrogen) atoms. The standard InChI is InChI=1S/C19H22ClN3OS/c20-15-5-3-14(4-6-15)19(8-1-2-9-19)17(24)22-16-7-11-23(13-16)18-21-10-12-25-18/h3-6,10,12,16H,1-2,7-9,11,13H2,(H,22,24). The summed E-state index contributed by atoms with van der Waals surface area (Å²) in [5, 5.41) is 7.09. The van der Waals surface area contributed by atoms with Crippen LogP contribution in [0.4, 0.5) is 5.13 Å². The molecule has 1 aliphatic heterocycles. The number of rotatable bonds is 4. The smallest absolute Gasteiger partial charge is 0.230 e. The van der Waals surface area contributed by atoms with Gasteiger partial charge in [0.05, 0.1) is 5.41 Å². The van der Waals surface area contributed by atoms with Crippen LogP contribution in [-0.2, 0) is 10.2 Å². The SMILES string of the molecule is O=C(NC1CCN(c2nccs2)C1)C1(c2ccc(Cl)cc2)CCCC1. The first-order valence-corrected chi connectivity index (χ1v) is 10.1. The van der Waals surface area contributed by atoms with E-state index in [1.54, 1.807) is 11.3 Å². The van der Waals surface area contributed by atoms with Crippen LogP contribution in [0.5, 0.6) is 0 Å². The van der Waals surface area contributed by atoms with E-state index in [4.69, 9.17) is 11.6 Å². The molecule has 0 radical (unpaired) electrons. The van der Waals surface area contributed by atoms with Crippen LogP contribution >= 0.6 is 22.9 Å². The molecule has 2 fully saturated rings. The van der Waals surface area contributed by atoms with Gasteiger partial charge < -0.3 is 10.2 Å². The Balaban J connectivity index is 1.48. The Kier molecular flexibility index (Phi) is 4.69. The molecule has 1 saturated carbocycles. The maximum absolute atomic E-state index is 13.2. The Hall–Kier alpha value is -1.59. The fraction of sp³-hybridized carbons (Fsp3) is 0.474. The largest absolute Gasteiger partial charge is 0.351 e. The van der Waals surface area contributed by atoms with E-state index in [0.717, 1.165) is 55.9 Å². The van der Waals surface area contributed by atoms with Crippen LogP contribution < -0.4 is 10.2 Å². The Labute approximate surface area is 157 Å². The fourth-order valence-electron chi connectivity index (χ4n) is 4.14. The monoisotopic (exact) mass is 375 g/mol. The minimum atomic E-state index is -0.390. The van der Waals surface area contributed by atoms with Crippen LogP contribution in [0.15, 0.2) is 35.8 Å². The van der Waals surface area contributed by atoms with Crippen LogP contribution in [0.25, 0.3) is 0 Å². The lowest BCUT2D eigenvalue weighted by Gasteiger charge is -2.30. The first-order valence-electron chi connectivity index (χ1n) is 8.89. The molecule has 2 aliphatic rings. The molecule has 2 heterocycles. The van der Waals surface area contributed by atoms with Crippen molar-refractivity contribution in [3.8, 4) is 0 Å². The zero-order valence-corrected chi connectivity index (χ0v) is 15.7. The molecular formula is C19H22ClN3OS. The van der Waals surface area contributed by atoms with Crippen LogP contribution in [0, 0.1) is 0 Å². The minimum Gasteiger partial charge on any atom is -0.351 e. The number of amides is 1. The van der Waals surface area contributed by atoms with E-state index in [9.17, 15) is 4.79 Å². The van der Waals surface area contributed by atoms with Gasteiger partial charge in [0.2, 0.25) is 5.91 Å². The molecule has 4 rings (SSSR count). The number of thiazole rings is 1. The molecule has 0 spiro atoms. The predicted molar refractivity (Wildman–Crippen MR) is 102 cm³/mol. The maximum Gasteiger partial charge on any atom is 0.230 e. The van der Waals surface area contributed by atoms with Crippen molar-refractivity contribution in [3.05, 3.63) is 46.4 Å². The average Bonchev–Trinajstić information content (AvgIpc) is 3.37. The van der Waals surface area contributed by atoms with E-state index in [0.29, 0.717) is 5.02 Å². The second-order valence-electron chi connectivity index (χ2n) is 7.02. The van der Waals surface area contributed by atoms with Crippen molar-refractivity contribution < 1.29 is 4.79 Å².